The van der Waals surface area contributed by atoms with Crippen LogP contribution in [-0.2, 0) is 6.42 Å². The third kappa shape index (κ3) is 1.56. The fourth-order valence-corrected chi connectivity index (χ4v) is 2.09. The second-order valence-electron chi connectivity index (χ2n) is 3.14. The molecule has 70 valence electrons. The standard InChI is InChI=1S/C9H13N3S/c1-10-7-3-4-8-6(7)5-11-9(12-8)13-2/h5,7,10H,3-4H2,1-2H3. The lowest BCUT2D eigenvalue weighted by molar-refractivity contribution is 0.589. The Bertz CT molecular complexity index is 314. The molecule has 0 aliphatic heterocycles. The van der Waals surface area contributed by atoms with Gasteiger partial charge in [-0.1, -0.05) is 11.8 Å². The molecule has 2 rings (SSSR count). The van der Waals surface area contributed by atoms with Gasteiger partial charge in [0.2, 0.25) is 0 Å². The van der Waals surface area contributed by atoms with Gasteiger partial charge in [0, 0.05) is 23.5 Å². The molecule has 1 aliphatic carbocycles. The minimum Gasteiger partial charge on any atom is -0.313 e. The normalized spacial score (nSPS) is 20.3. The zero-order valence-electron chi connectivity index (χ0n) is 7.87. The summed E-state index contributed by atoms with van der Waals surface area (Å²) in [5, 5.41) is 4.16. The Hall–Kier alpha value is -0.610. The molecular weight excluding hydrogens is 182 g/mol. The van der Waals surface area contributed by atoms with Crippen LogP contribution >= 0.6 is 11.8 Å². The summed E-state index contributed by atoms with van der Waals surface area (Å²) in [5.74, 6) is 0. The second-order valence-corrected chi connectivity index (χ2v) is 3.91. The average Bonchev–Trinajstić information content (AvgIpc) is 2.59. The van der Waals surface area contributed by atoms with Crippen LogP contribution < -0.4 is 5.32 Å². The molecule has 0 spiro atoms. The van der Waals surface area contributed by atoms with Gasteiger partial charge in [0.15, 0.2) is 5.16 Å². The van der Waals surface area contributed by atoms with Crippen LogP contribution in [0.2, 0.25) is 0 Å². The molecule has 0 saturated carbocycles. The van der Waals surface area contributed by atoms with Gasteiger partial charge in [0.1, 0.15) is 0 Å². The van der Waals surface area contributed by atoms with E-state index in [-0.39, 0.29) is 0 Å². The molecule has 0 aromatic carbocycles. The van der Waals surface area contributed by atoms with Crippen molar-refractivity contribution < 1.29 is 0 Å². The molecule has 1 unspecified atom stereocenters. The monoisotopic (exact) mass is 195 g/mol. The molecule has 0 fully saturated rings. The lowest BCUT2D eigenvalue weighted by atomic mass is 10.2. The number of hydrogen-bond donors (Lipinski definition) is 1. The predicted octanol–water partition coefficient (Wildman–Crippen LogP) is 1.41. The van der Waals surface area contributed by atoms with Crippen molar-refractivity contribution in [1.29, 1.82) is 0 Å². The van der Waals surface area contributed by atoms with E-state index < -0.39 is 0 Å². The van der Waals surface area contributed by atoms with Crippen molar-refractivity contribution in [1.82, 2.24) is 15.3 Å². The molecule has 0 saturated heterocycles. The highest BCUT2D eigenvalue weighted by Crippen LogP contribution is 2.29. The zero-order chi connectivity index (χ0) is 9.26. The molecule has 13 heavy (non-hydrogen) atoms. The van der Waals surface area contributed by atoms with Crippen molar-refractivity contribution in [2.75, 3.05) is 13.3 Å². The highest BCUT2D eigenvalue weighted by Gasteiger charge is 2.22. The first-order valence-electron chi connectivity index (χ1n) is 4.42. The summed E-state index contributed by atoms with van der Waals surface area (Å²) in [7, 11) is 1.99. The van der Waals surface area contributed by atoms with Crippen LogP contribution in [0, 0.1) is 0 Å². The first-order chi connectivity index (χ1) is 6.35. The molecule has 4 heteroatoms. The first-order valence-corrected chi connectivity index (χ1v) is 5.64. The third-order valence-corrected chi connectivity index (χ3v) is 3.02. The molecule has 0 amide bonds. The molecule has 1 heterocycles. The smallest absolute Gasteiger partial charge is 0.187 e. The van der Waals surface area contributed by atoms with E-state index in [1.54, 1.807) is 11.8 Å². The number of aryl methyl sites for hydroxylation is 1. The summed E-state index contributed by atoms with van der Waals surface area (Å²) < 4.78 is 0. The largest absolute Gasteiger partial charge is 0.313 e. The van der Waals surface area contributed by atoms with E-state index in [9.17, 15) is 0 Å². The Kier molecular flexibility index (Phi) is 2.51. The van der Waals surface area contributed by atoms with Gasteiger partial charge >= 0.3 is 0 Å². The molecule has 0 bridgehead atoms. The maximum atomic E-state index is 4.48. The van der Waals surface area contributed by atoms with Gasteiger partial charge in [-0.05, 0) is 26.1 Å². The Balaban J connectivity index is 2.34. The fourth-order valence-electron chi connectivity index (χ4n) is 1.73. The van der Waals surface area contributed by atoms with Gasteiger partial charge in [-0.25, -0.2) is 9.97 Å². The van der Waals surface area contributed by atoms with Gasteiger partial charge in [0.25, 0.3) is 0 Å². The number of thioether (sulfide) groups is 1. The summed E-state index contributed by atoms with van der Waals surface area (Å²) in [4.78, 5) is 8.76. The van der Waals surface area contributed by atoms with Crippen LogP contribution in [0.15, 0.2) is 11.4 Å². The van der Waals surface area contributed by atoms with E-state index in [4.69, 9.17) is 0 Å². The number of nitrogens with zero attached hydrogens (tertiary/aromatic N) is 2. The van der Waals surface area contributed by atoms with Crippen LogP contribution in [0.4, 0.5) is 0 Å². The zero-order valence-corrected chi connectivity index (χ0v) is 8.69. The van der Waals surface area contributed by atoms with Crippen molar-refractivity contribution in [3.63, 3.8) is 0 Å². The van der Waals surface area contributed by atoms with E-state index >= 15 is 0 Å². The molecular formula is C9H13N3S. The minimum absolute atomic E-state index is 0.464. The van der Waals surface area contributed by atoms with Crippen LogP contribution in [0.3, 0.4) is 0 Å². The van der Waals surface area contributed by atoms with E-state index in [2.05, 4.69) is 15.3 Å². The van der Waals surface area contributed by atoms with Gasteiger partial charge in [-0.15, -0.1) is 0 Å². The van der Waals surface area contributed by atoms with Crippen LogP contribution in [0.5, 0.6) is 0 Å². The Morgan fingerprint density at radius 2 is 2.46 bits per heavy atom. The van der Waals surface area contributed by atoms with Gasteiger partial charge in [-0.2, -0.15) is 0 Å². The first kappa shape index (κ1) is 8.97. The van der Waals surface area contributed by atoms with E-state index in [1.165, 1.54) is 11.3 Å². The number of nitrogens with one attached hydrogen (secondary N) is 1. The number of fused-ring (bicyclic) bond motifs is 1. The number of aromatic nitrogens is 2. The number of rotatable bonds is 2. The van der Waals surface area contributed by atoms with Crippen molar-refractivity contribution >= 4 is 11.8 Å². The third-order valence-electron chi connectivity index (χ3n) is 2.45. The molecule has 1 aliphatic rings. The summed E-state index contributed by atoms with van der Waals surface area (Å²) >= 11 is 1.60. The summed E-state index contributed by atoms with van der Waals surface area (Å²) in [5.41, 5.74) is 2.50. The highest BCUT2D eigenvalue weighted by atomic mass is 32.2. The van der Waals surface area contributed by atoms with E-state index in [0.29, 0.717) is 6.04 Å². The molecule has 3 nitrogen and oxygen atoms in total. The van der Waals surface area contributed by atoms with Gasteiger partial charge in [0.05, 0.1) is 0 Å². The quantitative estimate of drug-likeness (QED) is 0.572. The van der Waals surface area contributed by atoms with Crippen molar-refractivity contribution in [2.24, 2.45) is 0 Å². The topological polar surface area (TPSA) is 37.8 Å². The maximum Gasteiger partial charge on any atom is 0.187 e. The lowest BCUT2D eigenvalue weighted by Crippen LogP contribution is -2.13. The maximum absolute atomic E-state index is 4.48. The minimum atomic E-state index is 0.464. The molecule has 1 aromatic rings. The molecule has 1 aromatic heterocycles. The van der Waals surface area contributed by atoms with Crippen molar-refractivity contribution in [2.45, 2.75) is 24.0 Å². The van der Waals surface area contributed by atoms with Crippen molar-refractivity contribution in [3.05, 3.63) is 17.5 Å². The molecule has 1 N–H and O–H groups in total. The summed E-state index contributed by atoms with van der Waals surface area (Å²) in [6.07, 6.45) is 6.20. The van der Waals surface area contributed by atoms with Crippen molar-refractivity contribution in [3.8, 4) is 0 Å². The molecule has 1 atom stereocenters. The SMILES string of the molecule is CNC1CCc2nc(SC)ncc21. The average molecular weight is 195 g/mol. The Morgan fingerprint density at radius 1 is 1.62 bits per heavy atom. The highest BCUT2D eigenvalue weighted by molar-refractivity contribution is 7.98. The predicted molar refractivity (Wildman–Crippen MR) is 53.9 cm³/mol. The van der Waals surface area contributed by atoms with Crippen LogP contribution in [0.1, 0.15) is 23.7 Å². The summed E-state index contributed by atoms with van der Waals surface area (Å²) in [6.45, 7) is 0. The number of hydrogen-bond acceptors (Lipinski definition) is 4. The van der Waals surface area contributed by atoms with Gasteiger partial charge < -0.3 is 5.32 Å². The summed E-state index contributed by atoms with van der Waals surface area (Å²) in [6, 6.07) is 0.464. The lowest BCUT2D eigenvalue weighted by Gasteiger charge is -2.08. The Labute approximate surface area is 82.4 Å². The van der Waals surface area contributed by atoms with Gasteiger partial charge in [-0.3, -0.25) is 0 Å². The van der Waals surface area contributed by atoms with E-state index in [1.807, 2.05) is 19.5 Å². The van der Waals surface area contributed by atoms with E-state index in [0.717, 1.165) is 18.0 Å². The van der Waals surface area contributed by atoms with Crippen LogP contribution in [-0.4, -0.2) is 23.3 Å². The Morgan fingerprint density at radius 3 is 3.15 bits per heavy atom. The fraction of sp³-hybridized carbons (Fsp3) is 0.556. The second kappa shape index (κ2) is 3.64. The molecule has 0 radical (unpaired) electrons. The van der Waals surface area contributed by atoms with Crippen LogP contribution in [0.25, 0.3) is 0 Å².